The molecule has 1 unspecified atom stereocenters. The molecule has 0 radical (unpaired) electrons. The highest BCUT2D eigenvalue weighted by Gasteiger charge is 2.40. The van der Waals surface area contributed by atoms with Gasteiger partial charge < -0.3 is 44.2 Å². The number of aromatic nitrogens is 1. The third-order valence-electron chi connectivity index (χ3n) is 14.1. The van der Waals surface area contributed by atoms with E-state index in [1.54, 1.807) is 39.5 Å². The Labute approximate surface area is 420 Å². The lowest BCUT2D eigenvalue weighted by atomic mass is 9.67. The molecule has 5 aliphatic rings. The lowest BCUT2D eigenvalue weighted by Gasteiger charge is -2.34. The number of aliphatic carboxylic acids is 1. The van der Waals surface area contributed by atoms with Crippen LogP contribution in [0.3, 0.4) is 0 Å². The highest BCUT2D eigenvalue weighted by atomic mass is 35.5. The lowest BCUT2D eigenvalue weighted by Crippen LogP contribution is -2.33. The number of carbonyl (C=O) groups is 3. The fraction of sp³-hybridized carbons (Fsp3) is 0.500. The van der Waals surface area contributed by atoms with Gasteiger partial charge in [-0.2, -0.15) is 5.26 Å². The van der Waals surface area contributed by atoms with Crippen LogP contribution in [0.5, 0.6) is 34.5 Å². The number of carboxylic acids is 1. The van der Waals surface area contributed by atoms with Crippen LogP contribution in [0.15, 0.2) is 67.0 Å². The minimum atomic E-state index is -0.758. The molecule has 1 atom stereocenters. The van der Waals surface area contributed by atoms with E-state index in [1.165, 1.54) is 38.1 Å². The van der Waals surface area contributed by atoms with Gasteiger partial charge in [0.05, 0.1) is 72.8 Å². The van der Waals surface area contributed by atoms with Gasteiger partial charge in [0.15, 0.2) is 34.5 Å². The smallest absolute Gasteiger partial charge is 0.306 e. The SMILES string of the molecule is COc1ccc(C(=O)Nc2c(Cl)cncc2Cl)cc1OC1CCCC1.COc1ccc(C2(C#N)CCC(C(=O)O)CC2)cc1OC1CCCC1.COc1ccc(C2CNC(=O)C2)cc1OC1CCCC1. The van der Waals surface area contributed by atoms with E-state index in [-0.39, 0.29) is 45.9 Å². The molecular formula is C54H64Cl2N4O10. The van der Waals surface area contributed by atoms with E-state index in [1.807, 2.05) is 36.4 Å². The molecule has 3 N–H and O–H groups in total. The second-order valence-electron chi connectivity index (χ2n) is 18.7. The van der Waals surface area contributed by atoms with Crippen LogP contribution in [0.25, 0.3) is 0 Å². The molecule has 1 aliphatic heterocycles. The number of pyridine rings is 1. The molecule has 4 saturated carbocycles. The number of carbonyl (C=O) groups excluding carboxylic acids is 2. The van der Waals surface area contributed by atoms with Gasteiger partial charge in [-0.15, -0.1) is 0 Å². The Hall–Kier alpha value is -5.91. The van der Waals surface area contributed by atoms with Crippen LogP contribution in [0.4, 0.5) is 5.69 Å². The number of methoxy groups -OCH3 is 3. The van der Waals surface area contributed by atoms with Crippen LogP contribution >= 0.6 is 23.2 Å². The van der Waals surface area contributed by atoms with Gasteiger partial charge in [-0.25, -0.2) is 0 Å². The molecule has 374 valence electrons. The summed E-state index contributed by atoms with van der Waals surface area (Å²) in [6.45, 7) is 0.716. The van der Waals surface area contributed by atoms with E-state index >= 15 is 0 Å². The molecule has 4 aromatic rings. The number of nitrogens with one attached hydrogen (secondary N) is 2. The average molecular weight is 1000 g/mol. The van der Waals surface area contributed by atoms with Crippen molar-refractivity contribution in [3.63, 3.8) is 0 Å². The first kappa shape index (κ1) is 51.9. The van der Waals surface area contributed by atoms with Gasteiger partial charge in [0.2, 0.25) is 5.91 Å². The number of hydrogen-bond acceptors (Lipinski definition) is 11. The molecule has 2 heterocycles. The zero-order valence-corrected chi connectivity index (χ0v) is 41.7. The summed E-state index contributed by atoms with van der Waals surface area (Å²) in [6, 6.07) is 19.3. The number of anilines is 1. The van der Waals surface area contributed by atoms with Crippen molar-refractivity contribution in [2.24, 2.45) is 5.92 Å². The molecule has 4 aliphatic carbocycles. The standard InChI is InChI=1S/C20H25NO4.C18H18Cl2N2O3.C16H21NO3/c1-24-17-7-6-15(12-18(17)25-16-4-2-3-5-16)20(13-21)10-8-14(9-11-20)19(22)23;1-24-15-7-6-11(8-16(15)25-12-4-2-3-5-12)18(23)22-17-13(19)9-21-10-14(17)20;1-19-14-7-6-11(12-9-16(18)17-10-12)8-15(14)20-13-4-2-3-5-13/h6-7,12,14,16H,2-5,8-11H2,1H3,(H,22,23);6-10,12H,2-5H2,1H3,(H,21,22,23);6-8,12-13H,2-5,9-10H2,1H3,(H,17,18). The van der Waals surface area contributed by atoms with Gasteiger partial charge in [-0.1, -0.05) is 35.3 Å². The first-order valence-corrected chi connectivity index (χ1v) is 25.2. The Kier molecular flexibility index (Phi) is 18.4. The molecule has 70 heavy (non-hydrogen) atoms. The van der Waals surface area contributed by atoms with Crippen LogP contribution < -0.4 is 39.1 Å². The maximum Gasteiger partial charge on any atom is 0.306 e. The number of carboxylic acid groups (broad SMARTS) is 1. The number of nitriles is 1. The molecule has 1 saturated heterocycles. The Balaban J connectivity index is 0.000000156. The van der Waals surface area contributed by atoms with Crippen LogP contribution in [-0.2, 0) is 15.0 Å². The summed E-state index contributed by atoms with van der Waals surface area (Å²) < 4.78 is 34.4. The minimum Gasteiger partial charge on any atom is -0.493 e. The van der Waals surface area contributed by atoms with Gasteiger partial charge in [0, 0.05) is 36.8 Å². The van der Waals surface area contributed by atoms with Gasteiger partial charge in [0.25, 0.3) is 5.91 Å². The molecule has 2 amide bonds. The van der Waals surface area contributed by atoms with Gasteiger partial charge in [-0.05, 0) is 156 Å². The predicted molar refractivity (Wildman–Crippen MR) is 267 cm³/mol. The molecule has 9 rings (SSSR count). The Bertz CT molecular complexity index is 2450. The quantitative estimate of drug-likeness (QED) is 0.109. The van der Waals surface area contributed by atoms with E-state index in [2.05, 4.69) is 21.7 Å². The number of nitrogens with zero attached hydrogens (tertiary/aromatic N) is 2. The Morgan fingerprint density at radius 1 is 0.700 bits per heavy atom. The summed E-state index contributed by atoms with van der Waals surface area (Å²) in [5.41, 5.74) is 2.19. The van der Waals surface area contributed by atoms with Gasteiger partial charge in [-0.3, -0.25) is 19.4 Å². The largest absolute Gasteiger partial charge is 0.493 e. The fourth-order valence-electron chi connectivity index (χ4n) is 9.95. The zero-order chi connectivity index (χ0) is 49.6. The molecule has 1 aromatic heterocycles. The van der Waals surface area contributed by atoms with Crippen molar-refractivity contribution in [2.75, 3.05) is 33.2 Å². The highest BCUT2D eigenvalue weighted by molar-refractivity contribution is 6.39. The second kappa shape index (κ2) is 24.8. The van der Waals surface area contributed by atoms with Crippen LogP contribution in [0, 0.1) is 17.2 Å². The first-order valence-electron chi connectivity index (χ1n) is 24.5. The van der Waals surface area contributed by atoms with Gasteiger partial charge in [0.1, 0.15) is 0 Å². The first-order chi connectivity index (χ1) is 33.9. The number of hydrogen-bond donors (Lipinski definition) is 3. The maximum atomic E-state index is 12.6. The number of benzene rings is 3. The van der Waals surface area contributed by atoms with Crippen LogP contribution in [0.2, 0.25) is 10.0 Å². The average Bonchev–Trinajstić information content (AvgIpc) is 4.25. The van der Waals surface area contributed by atoms with Crippen molar-refractivity contribution in [3.05, 3.63) is 93.7 Å². The summed E-state index contributed by atoms with van der Waals surface area (Å²) in [5.74, 6) is 3.08. The third-order valence-corrected chi connectivity index (χ3v) is 14.6. The highest BCUT2D eigenvalue weighted by Crippen LogP contribution is 2.45. The Morgan fingerprint density at radius 3 is 1.66 bits per heavy atom. The predicted octanol–water partition coefficient (Wildman–Crippen LogP) is 11.6. The van der Waals surface area contributed by atoms with E-state index in [0.29, 0.717) is 79.0 Å². The molecule has 3 aromatic carbocycles. The van der Waals surface area contributed by atoms with Crippen molar-refractivity contribution in [1.29, 1.82) is 5.26 Å². The molecule has 14 nitrogen and oxygen atoms in total. The van der Waals surface area contributed by atoms with Crippen LogP contribution in [-0.4, -0.2) is 74.1 Å². The summed E-state index contributed by atoms with van der Waals surface area (Å²) in [4.78, 5) is 39.0. The van der Waals surface area contributed by atoms with E-state index in [9.17, 15) is 24.8 Å². The van der Waals surface area contributed by atoms with Crippen molar-refractivity contribution in [1.82, 2.24) is 10.3 Å². The van der Waals surface area contributed by atoms with E-state index in [0.717, 1.165) is 74.0 Å². The maximum absolute atomic E-state index is 12.6. The summed E-state index contributed by atoms with van der Waals surface area (Å²) in [5, 5.41) is 25.2. The van der Waals surface area contributed by atoms with Crippen molar-refractivity contribution < 1.29 is 47.9 Å². The molecule has 0 bridgehead atoms. The van der Waals surface area contributed by atoms with E-state index in [4.69, 9.17) is 51.6 Å². The number of halogens is 2. The summed E-state index contributed by atoms with van der Waals surface area (Å²) in [7, 11) is 4.86. The monoisotopic (exact) mass is 998 g/mol. The molecule has 16 heteroatoms. The Morgan fingerprint density at radius 2 is 1.19 bits per heavy atom. The number of ether oxygens (including phenoxy) is 6. The normalized spacial score (nSPS) is 21.2. The molecule has 5 fully saturated rings. The summed E-state index contributed by atoms with van der Waals surface area (Å²) in [6.07, 6.45) is 19.9. The lowest BCUT2D eigenvalue weighted by molar-refractivity contribution is -0.143. The molecule has 0 spiro atoms. The minimum absolute atomic E-state index is 0.129. The van der Waals surface area contributed by atoms with Crippen molar-refractivity contribution in [2.45, 2.75) is 139 Å². The van der Waals surface area contributed by atoms with Crippen molar-refractivity contribution in [3.8, 4) is 40.6 Å². The third kappa shape index (κ3) is 13.3. The molecular weight excluding hydrogens is 936 g/mol. The second-order valence-corrected chi connectivity index (χ2v) is 19.5. The number of amides is 2. The van der Waals surface area contributed by atoms with E-state index < -0.39 is 11.4 Å². The summed E-state index contributed by atoms with van der Waals surface area (Å²) >= 11 is 12.1. The zero-order valence-electron chi connectivity index (χ0n) is 40.2. The van der Waals surface area contributed by atoms with Crippen LogP contribution in [0.1, 0.15) is 137 Å². The van der Waals surface area contributed by atoms with Gasteiger partial charge >= 0.3 is 5.97 Å². The van der Waals surface area contributed by atoms with Crippen molar-refractivity contribution >= 4 is 46.7 Å². The number of rotatable bonds is 14. The fourth-order valence-corrected chi connectivity index (χ4v) is 10.4. The topological polar surface area (TPSA) is 188 Å².